The number of benzene rings is 2. The van der Waals surface area contributed by atoms with Gasteiger partial charge in [-0.25, -0.2) is 4.39 Å². The van der Waals surface area contributed by atoms with E-state index in [-0.39, 0.29) is 5.56 Å². The van der Waals surface area contributed by atoms with Crippen LogP contribution in [0, 0.1) is 24.1 Å². The molecule has 2 aromatic rings. The molecular weight excluding hydrogens is 255 g/mol. The Kier molecular flexibility index (Phi) is 4.21. The highest BCUT2D eigenvalue weighted by Crippen LogP contribution is 2.22. The summed E-state index contributed by atoms with van der Waals surface area (Å²) >= 11 is 0. The van der Waals surface area contributed by atoms with Crippen LogP contribution in [0.2, 0.25) is 0 Å². The molecule has 2 aromatic carbocycles. The van der Waals surface area contributed by atoms with Gasteiger partial charge in [-0.2, -0.15) is 5.26 Å². The third kappa shape index (κ3) is 2.89. The van der Waals surface area contributed by atoms with Crippen molar-refractivity contribution in [2.24, 2.45) is 0 Å². The lowest BCUT2D eigenvalue weighted by Gasteiger charge is -2.11. The summed E-state index contributed by atoms with van der Waals surface area (Å²) < 4.78 is 19.1. The number of nitriles is 1. The molecule has 3 nitrogen and oxygen atoms in total. The molecule has 0 aromatic heterocycles. The fourth-order valence-electron chi connectivity index (χ4n) is 1.95. The number of rotatable bonds is 4. The third-order valence-corrected chi connectivity index (χ3v) is 3.10. The molecule has 0 amide bonds. The molecule has 0 aliphatic heterocycles. The summed E-state index contributed by atoms with van der Waals surface area (Å²) in [4.78, 5) is 0. The first-order valence-corrected chi connectivity index (χ1v) is 6.21. The van der Waals surface area contributed by atoms with Crippen LogP contribution in [-0.2, 0) is 6.54 Å². The molecule has 0 saturated carbocycles. The van der Waals surface area contributed by atoms with Gasteiger partial charge in [-0.05, 0) is 36.8 Å². The molecule has 0 aliphatic carbocycles. The lowest BCUT2D eigenvalue weighted by molar-refractivity contribution is 0.414. The van der Waals surface area contributed by atoms with Crippen molar-refractivity contribution in [1.29, 1.82) is 5.26 Å². The number of aryl methyl sites for hydroxylation is 1. The number of methoxy groups -OCH3 is 1. The Morgan fingerprint density at radius 1 is 1.30 bits per heavy atom. The molecule has 0 radical (unpaired) electrons. The van der Waals surface area contributed by atoms with E-state index in [1.807, 2.05) is 31.2 Å². The zero-order valence-electron chi connectivity index (χ0n) is 11.4. The van der Waals surface area contributed by atoms with Crippen molar-refractivity contribution in [3.8, 4) is 11.8 Å². The van der Waals surface area contributed by atoms with E-state index in [0.717, 1.165) is 17.0 Å². The summed E-state index contributed by atoms with van der Waals surface area (Å²) in [5.41, 5.74) is 2.46. The van der Waals surface area contributed by atoms with Gasteiger partial charge in [0.2, 0.25) is 0 Å². The number of nitrogens with zero attached hydrogens (tertiary/aromatic N) is 1. The van der Waals surface area contributed by atoms with E-state index in [9.17, 15) is 4.39 Å². The van der Waals surface area contributed by atoms with Crippen LogP contribution in [0.3, 0.4) is 0 Å². The summed E-state index contributed by atoms with van der Waals surface area (Å²) in [7, 11) is 1.62. The van der Waals surface area contributed by atoms with Crippen molar-refractivity contribution in [3.05, 3.63) is 58.9 Å². The summed E-state index contributed by atoms with van der Waals surface area (Å²) in [6.45, 7) is 2.28. The van der Waals surface area contributed by atoms with Crippen molar-refractivity contribution < 1.29 is 9.13 Å². The summed E-state index contributed by atoms with van der Waals surface area (Å²) in [6.07, 6.45) is 0. The molecule has 4 heteroatoms. The Bertz CT molecular complexity index is 662. The zero-order chi connectivity index (χ0) is 14.5. The van der Waals surface area contributed by atoms with E-state index in [4.69, 9.17) is 10.00 Å². The minimum Gasteiger partial charge on any atom is -0.497 e. The normalized spacial score (nSPS) is 9.90. The largest absolute Gasteiger partial charge is 0.497 e. The van der Waals surface area contributed by atoms with Crippen molar-refractivity contribution in [2.45, 2.75) is 13.5 Å². The second-order valence-electron chi connectivity index (χ2n) is 4.42. The number of nitrogens with one attached hydrogen (secondary N) is 1. The molecule has 0 fully saturated rings. The molecule has 20 heavy (non-hydrogen) atoms. The highest BCUT2D eigenvalue weighted by molar-refractivity contribution is 5.54. The number of anilines is 1. The predicted octanol–water partition coefficient (Wildman–Crippen LogP) is 3.63. The Hall–Kier alpha value is -2.54. The molecule has 0 heterocycles. The van der Waals surface area contributed by atoms with Crippen LogP contribution < -0.4 is 10.1 Å². The Balaban J connectivity index is 2.15. The Morgan fingerprint density at radius 2 is 2.10 bits per heavy atom. The average Bonchev–Trinajstić information content (AvgIpc) is 2.47. The SMILES string of the molecule is COc1ccc(NCc2cccc(C#N)c2F)c(C)c1. The molecule has 0 unspecified atom stereocenters. The van der Waals surface area contributed by atoms with Gasteiger partial charge in [0.05, 0.1) is 12.7 Å². The maximum atomic E-state index is 13.9. The zero-order valence-corrected chi connectivity index (χ0v) is 11.4. The molecule has 2 rings (SSSR count). The molecule has 0 saturated heterocycles. The minimum atomic E-state index is -0.464. The van der Waals surface area contributed by atoms with Crippen LogP contribution >= 0.6 is 0 Å². The Labute approximate surface area is 117 Å². The van der Waals surface area contributed by atoms with Gasteiger partial charge in [-0.15, -0.1) is 0 Å². The first-order chi connectivity index (χ1) is 9.65. The van der Waals surface area contributed by atoms with Gasteiger partial charge < -0.3 is 10.1 Å². The average molecular weight is 270 g/mol. The van der Waals surface area contributed by atoms with E-state index in [1.165, 1.54) is 6.07 Å². The van der Waals surface area contributed by atoms with Crippen LogP contribution in [0.5, 0.6) is 5.75 Å². The highest BCUT2D eigenvalue weighted by atomic mass is 19.1. The standard InChI is InChI=1S/C16H15FN2O/c1-11-8-14(20-2)6-7-15(11)19-10-13-5-3-4-12(9-18)16(13)17/h3-8,19H,10H2,1-2H3. The number of halogens is 1. The maximum Gasteiger partial charge on any atom is 0.145 e. The minimum absolute atomic E-state index is 0.0655. The monoisotopic (exact) mass is 270 g/mol. The smallest absolute Gasteiger partial charge is 0.145 e. The third-order valence-electron chi connectivity index (χ3n) is 3.10. The molecule has 0 atom stereocenters. The van der Waals surface area contributed by atoms with Crippen molar-refractivity contribution in [1.82, 2.24) is 0 Å². The fraction of sp³-hybridized carbons (Fsp3) is 0.188. The first-order valence-electron chi connectivity index (χ1n) is 6.21. The maximum absolute atomic E-state index is 13.9. The number of hydrogen-bond acceptors (Lipinski definition) is 3. The van der Waals surface area contributed by atoms with E-state index >= 15 is 0 Å². The van der Waals surface area contributed by atoms with Crippen molar-refractivity contribution >= 4 is 5.69 Å². The first kappa shape index (κ1) is 13.9. The number of ether oxygens (including phenoxy) is 1. The van der Waals surface area contributed by atoms with E-state index in [0.29, 0.717) is 12.1 Å². The summed E-state index contributed by atoms with van der Waals surface area (Å²) in [6, 6.07) is 12.3. The molecule has 102 valence electrons. The second-order valence-corrected chi connectivity index (χ2v) is 4.42. The van der Waals surface area contributed by atoms with E-state index in [2.05, 4.69) is 5.32 Å². The van der Waals surface area contributed by atoms with E-state index in [1.54, 1.807) is 19.2 Å². The van der Waals surface area contributed by atoms with Gasteiger partial charge in [0, 0.05) is 17.8 Å². The lowest BCUT2D eigenvalue weighted by Crippen LogP contribution is -2.04. The van der Waals surface area contributed by atoms with Crippen molar-refractivity contribution in [3.63, 3.8) is 0 Å². The second kappa shape index (κ2) is 6.07. The number of hydrogen-bond donors (Lipinski definition) is 1. The van der Waals surface area contributed by atoms with Crippen molar-refractivity contribution in [2.75, 3.05) is 12.4 Å². The quantitative estimate of drug-likeness (QED) is 0.922. The summed E-state index contributed by atoms with van der Waals surface area (Å²) in [5.74, 6) is 0.319. The van der Waals surface area contributed by atoms with Gasteiger partial charge in [0.15, 0.2) is 0 Å². The molecule has 1 N–H and O–H groups in total. The van der Waals surface area contributed by atoms with Gasteiger partial charge in [-0.1, -0.05) is 12.1 Å². The molecular formula is C16H15FN2O. The molecule has 0 aliphatic rings. The lowest BCUT2D eigenvalue weighted by atomic mass is 10.1. The topological polar surface area (TPSA) is 45.0 Å². The van der Waals surface area contributed by atoms with Crippen LogP contribution in [0.25, 0.3) is 0 Å². The molecule has 0 bridgehead atoms. The van der Waals surface area contributed by atoms with Gasteiger partial charge in [-0.3, -0.25) is 0 Å². The summed E-state index contributed by atoms with van der Waals surface area (Å²) in [5, 5.41) is 12.0. The Morgan fingerprint density at radius 3 is 2.75 bits per heavy atom. The van der Waals surface area contributed by atoms with Crippen LogP contribution in [0.4, 0.5) is 10.1 Å². The van der Waals surface area contributed by atoms with Gasteiger partial charge >= 0.3 is 0 Å². The van der Waals surface area contributed by atoms with Crippen LogP contribution in [0.1, 0.15) is 16.7 Å². The van der Waals surface area contributed by atoms with Gasteiger partial charge in [0.1, 0.15) is 17.6 Å². The molecule has 0 spiro atoms. The fourth-order valence-corrected chi connectivity index (χ4v) is 1.95. The van der Waals surface area contributed by atoms with E-state index < -0.39 is 5.82 Å². The predicted molar refractivity (Wildman–Crippen MR) is 76.2 cm³/mol. The van der Waals surface area contributed by atoms with Crippen LogP contribution in [0.15, 0.2) is 36.4 Å². The van der Waals surface area contributed by atoms with Gasteiger partial charge in [0.25, 0.3) is 0 Å². The highest BCUT2D eigenvalue weighted by Gasteiger charge is 2.08. The van der Waals surface area contributed by atoms with Crippen LogP contribution in [-0.4, -0.2) is 7.11 Å².